The molecular formula is C19H17Cl2NO. The minimum atomic E-state index is 0.164. The van der Waals surface area contributed by atoms with Gasteiger partial charge in [-0.3, -0.25) is 0 Å². The first-order valence-electron chi connectivity index (χ1n) is 7.74. The molecule has 4 heteroatoms. The highest BCUT2D eigenvalue weighted by atomic mass is 35.5. The van der Waals surface area contributed by atoms with E-state index in [-0.39, 0.29) is 6.04 Å². The Morgan fingerprint density at radius 3 is 2.78 bits per heavy atom. The third kappa shape index (κ3) is 2.41. The molecule has 1 N–H and O–H groups in total. The van der Waals surface area contributed by atoms with Gasteiger partial charge in [0.1, 0.15) is 5.75 Å². The molecule has 23 heavy (non-hydrogen) atoms. The lowest BCUT2D eigenvalue weighted by atomic mass is 9.77. The lowest BCUT2D eigenvalue weighted by Gasteiger charge is -2.38. The van der Waals surface area contributed by atoms with Crippen molar-refractivity contribution in [3.8, 4) is 5.75 Å². The fraction of sp³-hybridized carbons (Fsp3) is 0.263. The fourth-order valence-corrected chi connectivity index (χ4v) is 4.42. The van der Waals surface area contributed by atoms with Crippen LogP contribution < -0.4 is 10.1 Å². The molecule has 118 valence electrons. The van der Waals surface area contributed by atoms with Gasteiger partial charge in [0.15, 0.2) is 0 Å². The molecule has 0 fully saturated rings. The molecule has 0 amide bonds. The van der Waals surface area contributed by atoms with Crippen molar-refractivity contribution in [1.82, 2.24) is 0 Å². The Morgan fingerprint density at radius 2 is 1.96 bits per heavy atom. The van der Waals surface area contributed by atoms with E-state index in [1.54, 1.807) is 13.2 Å². The molecule has 0 unspecified atom stereocenters. The first-order valence-corrected chi connectivity index (χ1v) is 8.49. The summed E-state index contributed by atoms with van der Waals surface area (Å²) in [5, 5.41) is 5.00. The predicted molar refractivity (Wildman–Crippen MR) is 95.8 cm³/mol. The Bertz CT molecular complexity index is 787. The van der Waals surface area contributed by atoms with Crippen molar-refractivity contribution < 1.29 is 4.74 Å². The molecule has 1 heterocycles. The van der Waals surface area contributed by atoms with Crippen LogP contribution in [-0.4, -0.2) is 7.11 Å². The maximum Gasteiger partial charge on any atom is 0.124 e. The lowest BCUT2D eigenvalue weighted by Crippen LogP contribution is -2.29. The number of methoxy groups -OCH3 is 1. The van der Waals surface area contributed by atoms with E-state index in [2.05, 4.69) is 29.6 Å². The highest BCUT2D eigenvalue weighted by molar-refractivity contribution is 6.36. The van der Waals surface area contributed by atoms with Crippen LogP contribution in [0.25, 0.3) is 0 Å². The van der Waals surface area contributed by atoms with Crippen molar-refractivity contribution in [2.75, 3.05) is 12.4 Å². The molecule has 1 aliphatic carbocycles. The van der Waals surface area contributed by atoms with Gasteiger partial charge in [0.25, 0.3) is 0 Å². The van der Waals surface area contributed by atoms with Crippen LogP contribution in [0, 0.1) is 5.92 Å². The average Bonchev–Trinajstić information content (AvgIpc) is 3.04. The average molecular weight is 346 g/mol. The van der Waals surface area contributed by atoms with E-state index >= 15 is 0 Å². The van der Waals surface area contributed by atoms with E-state index in [1.807, 2.05) is 18.2 Å². The van der Waals surface area contributed by atoms with Crippen molar-refractivity contribution in [3.05, 3.63) is 69.7 Å². The molecule has 2 nitrogen and oxygen atoms in total. The largest absolute Gasteiger partial charge is 0.496 e. The molecule has 0 saturated carbocycles. The molecule has 1 aliphatic heterocycles. The van der Waals surface area contributed by atoms with E-state index in [0.717, 1.165) is 17.9 Å². The van der Waals surface area contributed by atoms with Crippen LogP contribution in [0.5, 0.6) is 5.75 Å². The normalized spacial score (nSPS) is 24.7. The zero-order valence-electron chi connectivity index (χ0n) is 12.7. The van der Waals surface area contributed by atoms with Crippen LogP contribution >= 0.6 is 23.2 Å². The number of para-hydroxylation sites is 1. The van der Waals surface area contributed by atoms with Crippen LogP contribution in [-0.2, 0) is 0 Å². The SMILES string of the molecule is COc1ccccc1[C@@H]1Nc2c(Cl)cc(Cl)cc2[C@@H]2C=CC[C@@H]21. The number of nitrogens with one attached hydrogen (secondary N) is 1. The zero-order chi connectivity index (χ0) is 16.0. The summed E-state index contributed by atoms with van der Waals surface area (Å²) in [5.74, 6) is 1.68. The van der Waals surface area contributed by atoms with Crippen LogP contribution in [0.2, 0.25) is 10.0 Å². The minimum absolute atomic E-state index is 0.164. The smallest absolute Gasteiger partial charge is 0.124 e. The number of allylic oxidation sites excluding steroid dienone is 2. The summed E-state index contributed by atoms with van der Waals surface area (Å²) in [5.41, 5.74) is 3.34. The highest BCUT2D eigenvalue weighted by Gasteiger charge is 2.39. The number of anilines is 1. The highest BCUT2D eigenvalue weighted by Crippen LogP contribution is 2.53. The zero-order valence-corrected chi connectivity index (χ0v) is 14.2. The molecule has 0 spiro atoms. The fourth-order valence-electron chi connectivity index (χ4n) is 3.85. The Morgan fingerprint density at radius 1 is 1.13 bits per heavy atom. The maximum absolute atomic E-state index is 6.46. The predicted octanol–water partition coefficient (Wildman–Crippen LogP) is 5.83. The lowest BCUT2D eigenvalue weighted by molar-refractivity contribution is 0.381. The summed E-state index contributed by atoms with van der Waals surface area (Å²) >= 11 is 12.7. The third-order valence-electron chi connectivity index (χ3n) is 4.86. The van der Waals surface area contributed by atoms with E-state index in [0.29, 0.717) is 21.9 Å². The number of rotatable bonds is 2. The van der Waals surface area contributed by atoms with Crippen molar-refractivity contribution in [2.45, 2.75) is 18.4 Å². The van der Waals surface area contributed by atoms with Crippen LogP contribution in [0.4, 0.5) is 5.69 Å². The van der Waals surface area contributed by atoms with Crippen molar-refractivity contribution in [1.29, 1.82) is 0 Å². The standard InChI is InChI=1S/C19H17Cl2NO/c1-23-17-8-3-2-5-14(17)18-13-7-4-6-12(13)15-9-11(20)10-16(21)19(15)22-18/h2-6,8-10,12-13,18,22H,7H2,1H3/t12-,13+,18-/m1/s1. The Kier molecular flexibility index (Phi) is 3.74. The van der Waals surface area contributed by atoms with Gasteiger partial charge in [0.05, 0.1) is 23.9 Å². The molecular weight excluding hydrogens is 329 g/mol. The van der Waals surface area contributed by atoms with Crippen molar-refractivity contribution in [2.24, 2.45) is 5.92 Å². The van der Waals surface area contributed by atoms with E-state index < -0.39 is 0 Å². The van der Waals surface area contributed by atoms with E-state index in [1.165, 1.54) is 11.1 Å². The number of hydrogen-bond acceptors (Lipinski definition) is 2. The minimum Gasteiger partial charge on any atom is -0.496 e. The van der Waals surface area contributed by atoms with Crippen molar-refractivity contribution in [3.63, 3.8) is 0 Å². The van der Waals surface area contributed by atoms with Gasteiger partial charge >= 0.3 is 0 Å². The topological polar surface area (TPSA) is 21.3 Å². The summed E-state index contributed by atoms with van der Waals surface area (Å²) in [6.07, 6.45) is 5.56. The first-order chi connectivity index (χ1) is 11.2. The number of halogens is 2. The van der Waals surface area contributed by atoms with Gasteiger partial charge < -0.3 is 10.1 Å². The van der Waals surface area contributed by atoms with Crippen LogP contribution in [0.1, 0.15) is 29.5 Å². The summed E-state index contributed by atoms with van der Waals surface area (Å²) in [4.78, 5) is 0. The Balaban J connectivity index is 1.85. The Hall–Kier alpha value is -1.64. The molecule has 4 rings (SSSR count). The number of benzene rings is 2. The summed E-state index contributed by atoms with van der Waals surface area (Å²) in [6, 6.07) is 12.2. The molecule has 2 aromatic rings. The van der Waals surface area contributed by atoms with Gasteiger partial charge in [0, 0.05) is 16.5 Å². The molecule has 0 saturated heterocycles. The molecule has 0 bridgehead atoms. The first kappa shape index (κ1) is 14.9. The van der Waals surface area contributed by atoms with Gasteiger partial charge in [0.2, 0.25) is 0 Å². The third-order valence-corrected chi connectivity index (χ3v) is 5.38. The molecule has 2 aliphatic rings. The van der Waals surface area contributed by atoms with E-state index in [9.17, 15) is 0 Å². The molecule has 0 radical (unpaired) electrons. The Labute approximate surface area is 146 Å². The monoisotopic (exact) mass is 345 g/mol. The second-order valence-corrected chi connectivity index (χ2v) is 6.91. The number of fused-ring (bicyclic) bond motifs is 3. The summed E-state index contributed by atoms with van der Waals surface area (Å²) in [7, 11) is 1.72. The molecule has 3 atom stereocenters. The molecule has 0 aromatic heterocycles. The van der Waals surface area contributed by atoms with Crippen LogP contribution in [0.3, 0.4) is 0 Å². The van der Waals surface area contributed by atoms with Gasteiger partial charge in [-0.1, -0.05) is 53.6 Å². The van der Waals surface area contributed by atoms with Crippen LogP contribution in [0.15, 0.2) is 48.6 Å². The number of hydrogen-bond donors (Lipinski definition) is 1. The van der Waals surface area contributed by atoms with Gasteiger partial charge in [-0.25, -0.2) is 0 Å². The summed E-state index contributed by atoms with van der Waals surface area (Å²) < 4.78 is 5.57. The summed E-state index contributed by atoms with van der Waals surface area (Å²) in [6.45, 7) is 0. The quantitative estimate of drug-likeness (QED) is 0.691. The second-order valence-electron chi connectivity index (χ2n) is 6.07. The van der Waals surface area contributed by atoms with Gasteiger partial charge in [-0.05, 0) is 36.1 Å². The maximum atomic E-state index is 6.46. The number of ether oxygens (including phenoxy) is 1. The second kappa shape index (κ2) is 5.77. The van der Waals surface area contributed by atoms with Gasteiger partial charge in [-0.2, -0.15) is 0 Å². The van der Waals surface area contributed by atoms with E-state index in [4.69, 9.17) is 27.9 Å². The van der Waals surface area contributed by atoms with Crippen molar-refractivity contribution >= 4 is 28.9 Å². The molecule has 2 aromatic carbocycles. The van der Waals surface area contributed by atoms with Gasteiger partial charge in [-0.15, -0.1) is 0 Å².